The van der Waals surface area contributed by atoms with Crippen LogP contribution in [-0.2, 0) is 13.1 Å². The van der Waals surface area contributed by atoms with Gasteiger partial charge in [0.2, 0.25) is 5.43 Å². The summed E-state index contributed by atoms with van der Waals surface area (Å²) in [6.45, 7) is 3.34. The highest BCUT2D eigenvalue weighted by Gasteiger charge is 2.25. The number of nitrogens with zero attached hydrogens (tertiary/aromatic N) is 1. The van der Waals surface area contributed by atoms with E-state index in [2.05, 4.69) is 4.90 Å². The maximum Gasteiger partial charge on any atom is 0.200 e. The molecule has 1 aliphatic rings. The first-order valence-corrected chi connectivity index (χ1v) is 11.2. The number of hydrogen-bond donors (Lipinski definition) is 0. The van der Waals surface area contributed by atoms with Crippen LogP contribution < -0.4 is 14.9 Å². The second-order valence-electron chi connectivity index (χ2n) is 7.98. The van der Waals surface area contributed by atoms with E-state index in [0.717, 1.165) is 11.1 Å². The molecule has 0 bridgehead atoms. The normalized spacial score (nSPS) is 13.6. The van der Waals surface area contributed by atoms with Crippen LogP contribution in [-0.4, -0.2) is 18.7 Å². The Morgan fingerprint density at radius 1 is 1.09 bits per heavy atom. The van der Waals surface area contributed by atoms with Crippen LogP contribution in [0.4, 0.5) is 0 Å². The van der Waals surface area contributed by atoms with Crippen LogP contribution in [0.3, 0.4) is 0 Å². The minimum absolute atomic E-state index is 0.0982. The third kappa shape index (κ3) is 3.97. The lowest BCUT2D eigenvalue weighted by atomic mass is 9.99. The Morgan fingerprint density at radius 3 is 2.70 bits per heavy atom. The molecule has 0 aliphatic carbocycles. The van der Waals surface area contributed by atoms with Crippen molar-refractivity contribution in [3.63, 3.8) is 0 Å². The van der Waals surface area contributed by atoms with Crippen LogP contribution in [0, 0.1) is 6.92 Å². The van der Waals surface area contributed by atoms with E-state index >= 15 is 0 Å². The van der Waals surface area contributed by atoms with E-state index in [1.807, 2.05) is 42.5 Å². The summed E-state index contributed by atoms with van der Waals surface area (Å²) in [6.07, 6.45) is 0. The molecule has 0 N–H and O–H groups in total. The number of benzene rings is 3. The average molecular weight is 482 g/mol. The monoisotopic (exact) mass is 481 g/mol. The number of fused-ring (bicyclic) bond motifs is 3. The molecule has 2 heterocycles. The van der Waals surface area contributed by atoms with Gasteiger partial charge in [-0.25, -0.2) is 0 Å². The van der Waals surface area contributed by atoms with E-state index in [0.29, 0.717) is 69.2 Å². The van der Waals surface area contributed by atoms with Crippen molar-refractivity contribution in [1.82, 2.24) is 4.90 Å². The second-order valence-corrected chi connectivity index (χ2v) is 8.82. The molecule has 5 rings (SSSR count). The fraction of sp³-hybridized carbons (Fsp3) is 0.192. The molecule has 1 aromatic heterocycles. The van der Waals surface area contributed by atoms with Crippen molar-refractivity contribution in [2.45, 2.75) is 20.0 Å². The van der Waals surface area contributed by atoms with Crippen LogP contribution in [0.5, 0.6) is 11.5 Å². The highest BCUT2D eigenvalue weighted by atomic mass is 35.5. The maximum absolute atomic E-state index is 13.6. The summed E-state index contributed by atoms with van der Waals surface area (Å²) in [4.78, 5) is 15.7. The quantitative estimate of drug-likeness (QED) is 0.335. The van der Waals surface area contributed by atoms with E-state index in [1.165, 1.54) is 0 Å². The number of para-hydroxylation sites is 1. The summed E-state index contributed by atoms with van der Waals surface area (Å²) < 4.78 is 17.7. The first-order chi connectivity index (χ1) is 16.0. The van der Waals surface area contributed by atoms with Gasteiger partial charge in [0.05, 0.1) is 23.6 Å². The van der Waals surface area contributed by atoms with Crippen molar-refractivity contribution >= 4 is 34.2 Å². The maximum atomic E-state index is 13.6. The first kappa shape index (κ1) is 21.8. The Kier molecular flexibility index (Phi) is 5.79. The molecular formula is C26H21Cl2NO4. The van der Waals surface area contributed by atoms with Gasteiger partial charge in [0.25, 0.3) is 0 Å². The van der Waals surface area contributed by atoms with Gasteiger partial charge < -0.3 is 13.9 Å². The van der Waals surface area contributed by atoms with Crippen LogP contribution in [0.15, 0.2) is 63.8 Å². The molecule has 0 saturated heterocycles. The zero-order valence-corrected chi connectivity index (χ0v) is 19.7. The number of methoxy groups -OCH3 is 1. The minimum atomic E-state index is -0.0982. The zero-order chi connectivity index (χ0) is 23.1. The smallest absolute Gasteiger partial charge is 0.200 e. The summed E-state index contributed by atoms with van der Waals surface area (Å²) in [5.41, 5.74) is 3.45. The molecule has 0 fully saturated rings. The lowest BCUT2D eigenvalue weighted by molar-refractivity contribution is 0.0890. The Bertz CT molecular complexity index is 1430. The minimum Gasteiger partial charge on any atom is -0.496 e. The molecule has 33 heavy (non-hydrogen) atoms. The summed E-state index contributed by atoms with van der Waals surface area (Å²) in [5, 5.41) is 1.71. The lowest BCUT2D eigenvalue weighted by Crippen LogP contribution is -2.32. The van der Waals surface area contributed by atoms with E-state index < -0.39 is 0 Å². The van der Waals surface area contributed by atoms with Gasteiger partial charge in [-0.15, -0.1) is 0 Å². The molecule has 0 radical (unpaired) electrons. The highest BCUT2D eigenvalue weighted by Crippen LogP contribution is 2.36. The predicted octanol–water partition coefficient (Wildman–Crippen LogP) is 6.44. The van der Waals surface area contributed by atoms with Crippen molar-refractivity contribution in [1.29, 1.82) is 0 Å². The molecule has 4 aromatic rings. The molecular weight excluding hydrogens is 461 g/mol. The molecule has 5 nitrogen and oxygen atoms in total. The van der Waals surface area contributed by atoms with Gasteiger partial charge in [-0.2, -0.15) is 0 Å². The molecule has 168 valence electrons. The Hall–Kier alpha value is -2.99. The molecule has 0 atom stereocenters. The average Bonchev–Trinajstić information content (AvgIpc) is 2.81. The number of aryl methyl sites for hydroxylation is 1. The van der Waals surface area contributed by atoms with E-state index in [9.17, 15) is 4.79 Å². The van der Waals surface area contributed by atoms with Gasteiger partial charge in [0, 0.05) is 28.7 Å². The second kappa shape index (κ2) is 8.75. The first-order valence-electron chi connectivity index (χ1n) is 10.5. The number of rotatable bonds is 4. The zero-order valence-electron chi connectivity index (χ0n) is 18.2. The molecule has 0 amide bonds. The third-order valence-corrected chi connectivity index (χ3v) is 6.45. The summed E-state index contributed by atoms with van der Waals surface area (Å²) >= 11 is 12.4. The number of halogens is 2. The van der Waals surface area contributed by atoms with Crippen LogP contribution in [0.2, 0.25) is 10.0 Å². The van der Waals surface area contributed by atoms with Crippen molar-refractivity contribution in [2.75, 3.05) is 13.8 Å². The molecule has 0 spiro atoms. The van der Waals surface area contributed by atoms with Gasteiger partial charge in [-0.05, 0) is 42.8 Å². The lowest BCUT2D eigenvalue weighted by Gasteiger charge is -2.29. The van der Waals surface area contributed by atoms with Gasteiger partial charge in [0.15, 0.2) is 0 Å². The third-order valence-electron chi connectivity index (χ3n) is 5.87. The van der Waals surface area contributed by atoms with Crippen LogP contribution >= 0.6 is 23.2 Å². The molecule has 0 unspecified atom stereocenters. The molecule has 3 aromatic carbocycles. The van der Waals surface area contributed by atoms with Gasteiger partial charge >= 0.3 is 0 Å². The largest absolute Gasteiger partial charge is 0.496 e. The number of ether oxygens (including phenoxy) is 2. The van der Waals surface area contributed by atoms with Crippen molar-refractivity contribution in [3.05, 3.63) is 91.8 Å². The van der Waals surface area contributed by atoms with E-state index in [-0.39, 0.29) is 5.43 Å². The topological polar surface area (TPSA) is 51.9 Å². The van der Waals surface area contributed by atoms with Crippen molar-refractivity contribution in [2.24, 2.45) is 0 Å². The Labute approximate surface area is 201 Å². The molecule has 7 heteroatoms. The van der Waals surface area contributed by atoms with Crippen LogP contribution in [0.25, 0.3) is 22.1 Å². The molecule has 1 aliphatic heterocycles. The summed E-state index contributed by atoms with van der Waals surface area (Å²) in [7, 11) is 1.59. The van der Waals surface area contributed by atoms with Gasteiger partial charge in [0.1, 0.15) is 29.6 Å². The van der Waals surface area contributed by atoms with Crippen LogP contribution in [0.1, 0.15) is 16.9 Å². The van der Waals surface area contributed by atoms with E-state index in [1.54, 1.807) is 26.2 Å². The fourth-order valence-corrected chi connectivity index (χ4v) is 4.74. The fourth-order valence-electron chi connectivity index (χ4n) is 4.27. The van der Waals surface area contributed by atoms with E-state index in [4.69, 9.17) is 37.1 Å². The van der Waals surface area contributed by atoms with Gasteiger partial charge in [-0.3, -0.25) is 9.69 Å². The standard InChI is InChI=1S/C26H21Cl2NO4/c1-15-24(18-5-3-4-6-22(18)31-2)25(30)19-9-10-23-20(26(19)33-15)13-29(14-32-23)12-16-7-8-17(27)11-21(16)28/h3-11H,12-14H2,1-2H3. The summed E-state index contributed by atoms with van der Waals surface area (Å²) in [5.74, 6) is 1.87. The molecule has 0 saturated carbocycles. The van der Waals surface area contributed by atoms with Crippen molar-refractivity contribution in [3.8, 4) is 22.6 Å². The summed E-state index contributed by atoms with van der Waals surface area (Å²) in [6, 6.07) is 16.5. The SMILES string of the molecule is COc1ccccc1-c1c(C)oc2c3c(ccc2c1=O)OCN(Cc1ccc(Cl)cc1Cl)C3. The highest BCUT2D eigenvalue weighted by molar-refractivity contribution is 6.35. The van der Waals surface area contributed by atoms with Gasteiger partial charge in [-0.1, -0.05) is 47.5 Å². The predicted molar refractivity (Wildman–Crippen MR) is 130 cm³/mol. The Balaban J connectivity index is 1.57. The van der Waals surface area contributed by atoms with Crippen molar-refractivity contribution < 1.29 is 13.9 Å². The Morgan fingerprint density at radius 2 is 1.91 bits per heavy atom. The number of hydrogen-bond acceptors (Lipinski definition) is 5.